The van der Waals surface area contributed by atoms with Crippen LogP contribution in [0.3, 0.4) is 0 Å². The van der Waals surface area contributed by atoms with Crippen molar-refractivity contribution in [2.75, 3.05) is 41.3 Å². The Balaban J connectivity index is 1.42. The summed E-state index contributed by atoms with van der Waals surface area (Å²) in [4.78, 5) is 13.8. The summed E-state index contributed by atoms with van der Waals surface area (Å²) in [5, 5.41) is 3.58. The molecule has 1 N–H and O–H groups in total. The van der Waals surface area contributed by atoms with Crippen LogP contribution in [0.4, 0.5) is 21.7 Å². The second kappa shape index (κ2) is 7.48. The van der Waals surface area contributed by atoms with Crippen LogP contribution in [-0.2, 0) is 0 Å². The molecule has 6 heteroatoms. The van der Waals surface area contributed by atoms with Gasteiger partial charge in [0.1, 0.15) is 23.3 Å². The largest absolute Gasteiger partial charge is 0.368 e. The molecule has 138 valence electrons. The van der Waals surface area contributed by atoms with Gasteiger partial charge in [-0.3, -0.25) is 0 Å². The molecule has 2 heterocycles. The average molecular weight is 355 g/mol. The molecule has 1 aromatic carbocycles. The van der Waals surface area contributed by atoms with E-state index in [1.165, 1.54) is 37.8 Å². The molecule has 2 fully saturated rings. The number of nitrogens with one attached hydrogen (secondary N) is 1. The zero-order valence-electron chi connectivity index (χ0n) is 15.3. The molecule has 2 aliphatic rings. The second-order valence-electron chi connectivity index (χ2n) is 7.23. The van der Waals surface area contributed by atoms with Crippen molar-refractivity contribution in [2.45, 2.75) is 38.6 Å². The Hall–Kier alpha value is -2.37. The van der Waals surface area contributed by atoms with Crippen molar-refractivity contribution < 1.29 is 4.39 Å². The van der Waals surface area contributed by atoms with Crippen LogP contribution in [0.1, 0.15) is 31.5 Å². The maximum Gasteiger partial charge on any atom is 0.134 e. The summed E-state index contributed by atoms with van der Waals surface area (Å²) in [6, 6.07) is 9.38. The van der Waals surface area contributed by atoms with Crippen LogP contribution in [0.25, 0.3) is 0 Å². The summed E-state index contributed by atoms with van der Waals surface area (Å²) in [6.45, 7) is 5.56. The first-order chi connectivity index (χ1) is 12.7. The lowest BCUT2D eigenvalue weighted by atomic mass is 10.2. The lowest BCUT2D eigenvalue weighted by Gasteiger charge is -2.37. The first-order valence-corrected chi connectivity index (χ1v) is 9.55. The molecular formula is C20H26FN5. The van der Waals surface area contributed by atoms with Crippen molar-refractivity contribution in [1.29, 1.82) is 0 Å². The molecule has 4 rings (SSSR count). The number of benzene rings is 1. The first kappa shape index (κ1) is 17.1. The van der Waals surface area contributed by atoms with Gasteiger partial charge in [-0.15, -0.1) is 0 Å². The monoisotopic (exact) mass is 355 g/mol. The normalized spacial score (nSPS) is 18.4. The predicted octanol–water partition coefficient (Wildman–Crippen LogP) is 3.61. The highest BCUT2D eigenvalue weighted by atomic mass is 19.1. The Morgan fingerprint density at radius 3 is 2.31 bits per heavy atom. The Kier molecular flexibility index (Phi) is 4.91. The van der Waals surface area contributed by atoms with E-state index in [0.717, 1.165) is 49.3 Å². The molecule has 0 amide bonds. The summed E-state index contributed by atoms with van der Waals surface area (Å²) >= 11 is 0. The number of aryl methyl sites for hydroxylation is 1. The van der Waals surface area contributed by atoms with Gasteiger partial charge in [0.05, 0.1) is 0 Å². The fourth-order valence-electron chi connectivity index (χ4n) is 3.91. The third-order valence-corrected chi connectivity index (χ3v) is 5.33. The smallest absolute Gasteiger partial charge is 0.134 e. The number of hydrogen-bond donors (Lipinski definition) is 1. The number of halogens is 1. The van der Waals surface area contributed by atoms with Gasteiger partial charge in [-0.2, -0.15) is 0 Å². The highest BCUT2D eigenvalue weighted by molar-refractivity contribution is 5.53. The van der Waals surface area contributed by atoms with Crippen LogP contribution in [0.2, 0.25) is 0 Å². The topological polar surface area (TPSA) is 44.3 Å². The van der Waals surface area contributed by atoms with Crippen LogP contribution < -0.4 is 15.1 Å². The van der Waals surface area contributed by atoms with E-state index in [4.69, 9.17) is 0 Å². The third-order valence-electron chi connectivity index (χ3n) is 5.33. The number of rotatable bonds is 4. The predicted molar refractivity (Wildman–Crippen MR) is 103 cm³/mol. The van der Waals surface area contributed by atoms with E-state index in [1.54, 1.807) is 0 Å². The van der Waals surface area contributed by atoms with Gasteiger partial charge in [-0.25, -0.2) is 14.4 Å². The molecule has 5 nitrogen and oxygen atoms in total. The molecule has 0 atom stereocenters. The Labute approximate surface area is 154 Å². The van der Waals surface area contributed by atoms with Crippen LogP contribution in [0.5, 0.6) is 0 Å². The average Bonchev–Trinajstić information content (AvgIpc) is 3.15. The summed E-state index contributed by atoms with van der Waals surface area (Å²) in [7, 11) is 0. The lowest BCUT2D eigenvalue weighted by molar-refractivity contribution is 0.624. The minimum absolute atomic E-state index is 0.189. The summed E-state index contributed by atoms with van der Waals surface area (Å²) in [6.07, 6.45) is 5.07. The molecule has 0 unspecified atom stereocenters. The number of nitrogens with zero attached hydrogens (tertiary/aromatic N) is 4. The molecule has 2 aromatic rings. The van der Waals surface area contributed by atoms with E-state index in [1.807, 2.05) is 19.1 Å². The molecular weight excluding hydrogens is 329 g/mol. The molecule has 0 bridgehead atoms. The van der Waals surface area contributed by atoms with Gasteiger partial charge >= 0.3 is 0 Å². The number of piperazine rings is 1. The van der Waals surface area contributed by atoms with Gasteiger partial charge in [0, 0.05) is 44.0 Å². The maximum absolute atomic E-state index is 13.1. The molecule has 1 saturated heterocycles. The minimum atomic E-state index is -0.189. The third kappa shape index (κ3) is 3.89. The van der Waals surface area contributed by atoms with E-state index in [-0.39, 0.29) is 5.82 Å². The van der Waals surface area contributed by atoms with Crippen molar-refractivity contribution in [3.05, 3.63) is 42.0 Å². The number of aromatic nitrogens is 2. The van der Waals surface area contributed by atoms with Crippen LogP contribution in [0, 0.1) is 12.7 Å². The number of anilines is 3. The van der Waals surface area contributed by atoms with E-state index in [2.05, 4.69) is 31.2 Å². The summed E-state index contributed by atoms with van der Waals surface area (Å²) < 4.78 is 13.1. The summed E-state index contributed by atoms with van der Waals surface area (Å²) in [5.41, 5.74) is 1.08. The zero-order valence-corrected chi connectivity index (χ0v) is 15.3. The van der Waals surface area contributed by atoms with E-state index in [0.29, 0.717) is 6.04 Å². The molecule has 1 saturated carbocycles. The fraction of sp³-hybridized carbons (Fsp3) is 0.500. The van der Waals surface area contributed by atoms with Gasteiger partial charge in [-0.1, -0.05) is 12.8 Å². The first-order valence-electron chi connectivity index (χ1n) is 9.55. The van der Waals surface area contributed by atoms with Crippen LogP contribution in [-0.4, -0.2) is 42.2 Å². The maximum atomic E-state index is 13.1. The molecule has 1 aromatic heterocycles. The fourth-order valence-corrected chi connectivity index (χ4v) is 3.91. The molecule has 26 heavy (non-hydrogen) atoms. The van der Waals surface area contributed by atoms with Gasteiger partial charge in [0.15, 0.2) is 0 Å². The molecule has 0 spiro atoms. The Morgan fingerprint density at radius 2 is 1.62 bits per heavy atom. The number of hydrogen-bond acceptors (Lipinski definition) is 5. The van der Waals surface area contributed by atoms with Crippen molar-refractivity contribution in [3.8, 4) is 0 Å². The van der Waals surface area contributed by atoms with E-state index >= 15 is 0 Å². The highest BCUT2D eigenvalue weighted by Gasteiger charge is 2.20. The second-order valence-corrected chi connectivity index (χ2v) is 7.23. The SMILES string of the molecule is Cc1nc(NC2CCCC2)cc(N2CCN(c3ccc(F)cc3)CC2)n1. The summed E-state index contributed by atoms with van der Waals surface area (Å²) in [5.74, 6) is 2.56. The van der Waals surface area contributed by atoms with Crippen molar-refractivity contribution in [2.24, 2.45) is 0 Å². The standard InChI is InChI=1S/C20H26FN5/c1-15-22-19(24-17-4-2-3-5-17)14-20(23-15)26-12-10-25(11-13-26)18-8-6-16(21)7-9-18/h6-9,14,17H,2-5,10-13H2,1H3,(H,22,23,24). The van der Waals surface area contributed by atoms with Crippen LogP contribution >= 0.6 is 0 Å². The quantitative estimate of drug-likeness (QED) is 0.908. The lowest BCUT2D eigenvalue weighted by Crippen LogP contribution is -2.47. The molecule has 1 aliphatic carbocycles. The van der Waals surface area contributed by atoms with Gasteiger partial charge in [-0.05, 0) is 44.0 Å². The van der Waals surface area contributed by atoms with Crippen LogP contribution in [0.15, 0.2) is 30.3 Å². The Bertz CT molecular complexity index is 734. The van der Waals surface area contributed by atoms with Crippen molar-refractivity contribution in [1.82, 2.24) is 9.97 Å². The van der Waals surface area contributed by atoms with Crippen molar-refractivity contribution in [3.63, 3.8) is 0 Å². The van der Waals surface area contributed by atoms with Crippen molar-refractivity contribution >= 4 is 17.3 Å². The zero-order chi connectivity index (χ0) is 17.9. The molecule has 0 radical (unpaired) electrons. The molecule has 1 aliphatic heterocycles. The van der Waals surface area contributed by atoms with E-state index in [9.17, 15) is 4.39 Å². The van der Waals surface area contributed by atoms with Gasteiger partial charge in [0.25, 0.3) is 0 Å². The van der Waals surface area contributed by atoms with E-state index < -0.39 is 0 Å². The Morgan fingerprint density at radius 1 is 0.962 bits per heavy atom. The minimum Gasteiger partial charge on any atom is -0.368 e. The highest BCUT2D eigenvalue weighted by Crippen LogP contribution is 2.24. The van der Waals surface area contributed by atoms with Gasteiger partial charge in [0.2, 0.25) is 0 Å². The van der Waals surface area contributed by atoms with Gasteiger partial charge < -0.3 is 15.1 Å².